The molecule has 0 spiro atoms. The van der Waals surface area contributed by atoms with Crippen LogP contribution in [0.15, 0.2) is 30.6 Å². The van der Waals surface area contributed by atoms with Crippen molar-refractivity contribution in [3.05, 3.63) is 30.6 Å². The van der Waals surface area contributed by atoms with E-state index in [0.717, 1.165) is 25.7 Å². The summed E-state index contributed by atoms with van der Waals surface area (Å²) in [6.07, 6.45) is 7.37. The number of hydrogen-bond donors (Lipinski definition) is 1. The first-order valence-electron chi connectivity index (χ1n) is 11.8. The minimum atomic E-state index is -0.866. The second-order valence-electron chi connectivity index (χ2n) is 9.30. The fourth-order valence-corrected chi connectivity index (χ4v) is 5.37. The number of halogens is 1. The van der Waals surface area contributed by atoms with Gasteiger partial charge in [-0.1, -0.05) is 18.9 Å². The van der Waals surface area contributed by atoms with Crippen molar-refractivity contribution in [1.82, 2.24) is 25.1 Å². The van der Waals surface area contributed by atoms with Crippen molar-refractivity contribution in [2.45, 2.75) is 44.3 Å². The molecule has 184 valence electrons. The number of rotatable bonds is 6. The predicted octanol–water partition coefficient (Wildman–Crippen LogP) is 4.07. The van der Waals surface area contributed by atoms with Gasteiger partial charge in [-0.05, 0) is 43.2 Å². The Morgan fingerprint density at radius 3 is 2.57 bits per heavy atom. The van der Waals surface area contributed by atoms with Gasteiger partial charge in [0, 0.05) is 12.6 Å². The Labute approximate surface area is 203 Å². The van der Waals surface area contributed by atoms with Gasteiger partial charge >= 0.3 is 0 Å². The Morgan fingerprint density at radius 1 is 1.03 bits per heavy atom. The summed E-state index contributed by atoms with van der Waals surface area (Å²) < 4.78 is 25.5. The molecule has 3 aromatic rings. The van der Waals surface area contributed by atoms with Gasteiger partial charge in [0.25, 0.3) is 11.8 Å². The van der Waals surface area contributed by atoms with Crippen molar-refractivity contribution in [2.75, 3.05) is 26.2 Å². The van der Waals surface area contributed by atoms with Gasteiger partial charge in [-0.15, -0.1) is 10.2 Å². The number of phenols is 1. The lowest BCUT2D eigenvalue weighted by molar-refractivity contribution is 0.0656. The van der Waals surface area contributed by atoms with E-state index in [4.69, 9.17) is 9.47 Å². The van der Waals surface area contributed by atoms with E-state index in [2.05, 4.69) is 25.1 Å². The molecule has 10 heteroatoms. The quantitative estimate of drug-likeness (QED) is 0.559. The first kappa shape index (κ1) is 23.2. The maximum Gasteiger partial charge on any atom is 0.278 e. The van der Waals surface area contributed by atoms with Crippen LogP contribution in [0.4, 0.5) is 10.2 Å². The number of fused-ring (bicyclic) bond motifs is 2. The smallest absolute Gasteiger partial charge is 0.278 e. The van der Waals surface area contributed by atoms with E-state index in [1.807, 2.05) is 11.9 Å². The number of hydrogen-bond acceptors (Lipinski definition) is 9. The number of alkyl halides is 1. The summed E-state index contributed by atoms with van der Waals surface area (Å²) >= 11 is 0. The van der Waals surface area contributed by atoms with E-state index in [1.54, 1.807) is 24.4 Å². The molecule has 1 aromatic carbocycles. The molecule has 0 saturated heterocycles. The van der Waals surface area contributed by atoms with Gasteiger partial charge in [0.2, 0.25) is 0 Å². The molecule has 2 fully saturated rings. The number of aromatic nitrogens is 5. The number of phenolic OH excluding ortho intramolecular Hbond substituents is 1. The Bertz CT molecular complexity index is 1190. The van der Waals surface area contributed by atoms with Gasteiger partial charge in [-0.25, -0.2) is 19.3 Å². The van der Waals surface area contributed by atoms with E-state index in [9.17, 15) is 5.11 Å². The van der Waals surface area contributed by atoms with E-state index < -0.39 is 6.17 Å². The lowest BCUT2D eigenvalue weighted by Gasteiger charge is -2.45. The molecule has 5 rings (SSSR count). The van der Waals surface area contributed by atoms with Gasteiger partial charge in [-0.3, -0.25) is 0 Å². The maximum absolute atomic E-state index is 15.2. The summed E-state index contributed by atoms with van der Waals surface area (Å²) in [6.45, 7) is 0. The number of nitrogens with zero attached hydrogens (tertiary/aromatic N) is 6. The van der Waals surface area contributed by atoms with E-state index in [1.165, 1.54) is 26.8 Å². The Hall–Kier alpha value is -3.56. The molecule has 1 N–H and O–H groups in total. The van der Waals surface area contributed by atoms with Crippen LogP contribution < -0.4 is 14.4 Å². The second kappa shape index (κ2) is 9.59. The minimum absolute atomic E-state index is 0.0223. The van der Waals surface area contributed by atoms with Crippen LogP contribution >= 0.6 is 0 Å². The zero-order chi connectivity index (χ0) is 24.5. The Kier molecular flexibility index (Phi) is 6.36. The van der Waals surface area contributed by atoms with Gasteiger partial charge in [-0.2, -0.15) is 0 Å². The molecule has 0 aliphatic heterocycles. The summed E-state index contributed by atoms with van der Waals surface area (Å²) in [6, 6.07) is 4.83. The summed E-state index contributed by atoms with van der Waals surface area (Å²) in [4.78, 5) is 14.8. The largest absolute Gasteiger partial charge is 0.507 e. The molecule has 2 saturated carbocycles. The van der Waals surface area contributed by atoms with E-state index >= 15 is 4.39 Å². The summed E-state index contributed by atoms with van der Waals surface area (Å²) in [5.74, 6) is 2.03. The molecule has 35 heavy (non-hydrogen) atoms. The zero-order valence-electron chi connectivity index (χ0n) is 20.1. The van der Waals surface area contributed by atoms with Crippen LogP contribution in [0.1, 0.15) is 32.1 Å². The Morgan fingerprint density at radius 2 is 1.86 bits per heavy atom. The van der Waals surface area contributed by atoms with E-state index in [-0.39, 0.29) is 35.3 Å². The lowest BCUT2D eigenvalue weighted by atomic mass is 9.69. The molecule has 0 radical (unpaired) electrons. The van der Waals surface area contributed by atoms with Crippen LogP contribution in [0.3, 0.4) is 0 Å². The van der Waals surface area contributed by atoms with Crippen molar-refractivity contribution in [1.29, 1.82) is 0 Å². The highest BCUT2D eigenvalue weighted by Gasteiger charge is 2.42. The normalized spacial score (nSPS) is 23.5. The number of ether oxygens (including phenoxy) is 2. The van der Waals surface area contributed by atoms with Gasteiger partial charge < -0.3 is 19.5 Å². The number of aromatic hydroxyl groups is 1. The van der Waals surface area contributed by atoms with Crippen molar-refractivity contribution >= 4 is 5.82 Å². The molecule has 2 bridgehead atoms. The van der Waals surface area contributed by atoms with E-state index in [0.29, 0.717) is 28.6 Å². The Balaban J connectivity index is 1.35. The summed E-state index contributed by atoms with van der Waals surface area (Å²) in [5, 5.41) is 19.2. The molecule has 4 atom stereocenters. The molecule has 2 heterocycles. The van der Waals surface area contributed by atoms with Crippen molar-refractivity contribution in [3.63, 3.8) is 0 Å². The van der Waals surface area contributed by atoms with Gasteiger partial charge in [0.15, 0.2) is 11.6 Å². The number of benzene rings is 1. The molecule has 2 aromatic heterocycles. The second-order valence-corrected chi connectivity index (χ2v) is 9.30. The molecule has 2 aliphatic carbocycles. The fraction of sp³-hybridized carbons (Fsp3) is 0.480. The van der Waals surface area contributed by atoms with Crippen molar-refractivity contribution in [2.24, 2.45) is 11.8 Å². The molecule has 0 amide bonds. The fourth-order valence-electron chi connectivity index (χ4n) is 5.37. The SMILES string of the molecule is COc1ncc(-c2ccc(-c3ncc(N(C)[C@H]4C[C@@H]5CCC[C@@H](C5)[C@H]4F)nn3)c(O)c2)nc1OC. The highest BCUT2D eigenvalue weighted by molar-refractivity contribution is 5.71. The summed E-state index contributed by atoms with van der Waals surface area (Å²) in [5.41, 5.74) is 1.58. The van der Waals surface area contributed by atoms with Crippen LogP contribution in [0, 0.1) is 11.8 Å². The highest BCUT2D eigenvalue weighted by Crippen LogP contribution is 2.43. The van der Waals surface area contributed by atoms with Gasteiger partial charge in [0.1, 0.15) is 11.9 Å². The number of methoxy groups -OCH3 is 2. The minimum Gasteiger partial charge on any atom is -0.507 e. The average Bonchev–Trinajstić information content (AvgIpc) is 2.90. The van der Waals surface area contributed by atoms with Crippen LogP contribution in [0.5, 0.6) is 17.5 Å². The third kappa shape index (κ3) is 4.44. The van der Waals surface area contributed by atoms with Crippen LogP contribution in [-0.4, -0.2) is 63.7 Å². The lowest BCUT2D eigenvalue weighted by Crippen LogP contribution is -2.49. The van der Waals surface area contributed by atoms with Gasteiger partial charge in [0.05, 0.1) is 43.9 Å². The molecular weight excluding hydrogens is 451 g/mol. The molecule has 9 nitrogen and oxygen atoms in total. The summed E-state index contributed by atoms with van der Waals surface area (Å²) in [7, 11) is 4.83. The standard InChI is InChI=1S/C25H29FN6O3/c1-32(19-10-14-5-4-6-16(9-14)22(19)26)21-13-27-23(31-30-21)17-8-7-15(11-20(17)33)18-12-28-24(34-2)25(29-18)35-3/h7-8,11-14,16,19,22,33H,4-6,9-10H2,1-3H3/t14-,16+,19+,22-/m1/s1. The van der Waals surface area contributed by atoms with Crippen LogP contribution in [0.25, 0.3) is 22.6 Å². The zero-order valence-corrected chi connectivity index (χ0v) is 20.1. The average molecular weight is 481 g/mol. The van der Waals surface area contributed by atoms with Crippen molar-refractivity contribution in [3.8, 4) is 40.2 Å². The monoisotopic (exact) mass is 480 g/mol. The first-order chi connectivity index (χ1) is 17.0. The van der Waals surface area contributed by atoms with Crippen molar-refractivity contribution < 1.29 is 19.0 Å². The van der Waals surface area contributed by atoms with Crippen LogP contribution in [0.2, 0.25) is 0 Å². The number of anilines is 1. The molecular formula is C25H29FN6O3. The van der Waals surface area contributed by atoms with Crippen LogP contribution in [-0.2, 0) is 0 Å². The third-order valence-electron chi connectivity index (χ3n) is 7.25. The third-order valence-corrected chi connectivity index (χ3v) is 7.25. The topological polar surface area (TPSA) is 106 Å². The predicted molar refractivity (Wildman–Crippen MR) is 128 cm³/mol. The molecule has 2 aliphatic rings. The highest BCUT2D eigenvalue weighted by atomic mass is 19.1. The maximum atomic E-state index is 15.2. The molecule has 0 unspecified atom stereocenters. The first-order valence-corrected chi connectivity index (χ1v) is 11.8.